The molecular formula is C12H21N3O. The molecule has 1 aromatic rings. The van der Waals surface area contributed by atoms with Gasteiger partial charge in [-0.15, -0.1) is 0 Å². The van der Waals surface area contributed by atoms with Crippen LogP contribution in [0, 0.1) is 5.92 Å². The summed E-state index contributed by atoms with van der Waals surface area (Å²) in [5, 5.41) is 0. The van der Waals surface area contributed by atoms with Gasteiger partial charge in [0.05, 0.1) is 12.1 Å². The molecule has 1 heterocycles. The van der Waals surface area contributed by atoms with Crippen molar-refractivity contribution >= 4 is 0 Å². The minimum absolute atomic E-state index is 0.102. The number of pyridine rings is 1. The van der Waals surface area contributed by atoms with E-state index in [0.29, 0.717) is 5.92 Å². The van der Waals surface area contributed by atoms with E-state index in [2.05, 4.69) is 24.3 Å². The predicted octanol–water partition coefficient (Wildman–Crippen LogP) is 1.13. The number of ether oxygens (including phenoxy) is 1. The summed E-state index contributed by atoms with van der Waals surface area (Å²) in [5.74, 6) is 6.00. The number of nitrogens with zero attached hydrogens (tertiary/aromatic N) is 1. The third-order valence-corrected chi connectivity index (χ3v) is 2.72. The number of methoxy groups -OCH3 is 1. The lowest BCUT2D eigenvalue weighted by Crippen LogP contribution is -2.48. The van der Waals surface area contributed by atoms with Gasteiger partial charge in [-0.05, 0) is 24.0 Å². The quantitative estimate of drug-likeness (QED) is 0.560. The van der Waals surface area contributed by atoms with Crippen LogP contribution >= 0.6 is 0 Å². The van der Waals surface area contributed by atoms with Crippen LogP contribution in [0.5, 0.6) is 0 Å². The third kappa shape index (κ3) is 3.56. The number of rotatable bonds is 6. The molecule has 0 aromatic carbocycles. The predicted molar refractivity (Wildman–Crippen MR) is 64.7 cm³/mol. The fraction of sp³-hybridized carbons (Fsp3) is 0.583. The molecule has 0 aliphatic rings. The van der Waals surface area contributed by atoms with Crippen molar-refractivity contribution in [3.05, 3.63) is 30.1 Å². The van der Waals surface area contributed by atoms with Gasteiger partial charge in [-0.1, -0.05) is 19.9 Å². The Balaban J connectivity index is 2.68. The van der Waals surface area contributed by atoms with Gasteiger partial charge in [-0.2, -0.15) is 0 Å². The van der Waals surface area contributed by atoms with Crippen molar-refractivity contribution in [3.8, 4) is 0 Å². The molecule has 0 fully saturated rings. The van der Waals surface area contributed by atoms with E-state index in [1.165, 1.54) is 0 Å². The molecule has 1 aromatic heterocycles. The largest absolute Gasteiger partial charge is 0.380 e. The van der Waals surface area contributed by atoms with E-state index in [-0.39, 0.29) is 12.1 Å². The van der Waals surface area contributed by atoms with Crippen molar-refractivity contribution in [2.45, 2.75) is 32.4 Å². The van der Waals surface area contributed by atoms with Crippen molar-refractivity contribution in [2.75, 3.05) is 7.11 Å². The van der Waals surface area contributed by atoms with Crippen LogP contribution in [0.1, 0.15) is 19.4 Å². The molecule has 0 spiro atoms. The first-order valence-corrected chi connectivity index (χ1v) is 5.56. The van der Waals surface area contributed by atoms with Crippen molar-refractivity contribution in [1.82, 2.24) is 10.4 Å². The summed E-state index contributed by atoms with van der Waals surface area (Å²) in [5.41, 5.74) is 3.99. The van der Waals surface area contributed by atoms with Crippen LogP contribution in [0.3, 0.4) is 0 Å². The molecule has 4 heteroatoms. The highest BCUT2D eigenvalue weighted by atomic mass is 16.5. The van der Waals surface area contributed by atoms with Crippen LogP contribution in [0.4, 0.5) is 0 Å². The number of hydrogen-bond acceptors (Lipinski definition) is 4. The van der Waals surface area contributed by atoms with E-state index in [9.17, 15) is 0 Å². The standard InChI is InChI=1S/C12H21N3O/c1-9(2)12(16-3)11(15-13)7-10-5-4-6-14-8-10/h4-6,8-9,11-12,15H,7,13H2,1-3H3. The van der Waals surface area contributed by atoms with E-state index in [4.69, 9.17) is 10.6 Å². The second kappa shape index (κ2) is 6.58. The van der Waals surface area contributed by atoms with E-state index in [0.717, 1.165) is 12.0 Å². The average molecular weight is 223 g/mol. The van der Waals surface area contributed by atoms with E-state index in [1.54, 1.807) is 13.3 Å². The number of nitrogens with two attached hydrogens (primary N) is 1. The molecule has 0 aliphatic heterocycles. The van der Waals surface area contributed by atoms with E-state index >= 15 is 0 Å². The lowest BCUT2D eigenvalue weighted by molar-refractivity contribution is 0.0332. The lowest BCUT2D eigenvalue weighted by atomic mass is 9.95. The molecule has 0 aliphatic carbocycles. The average Bonchev–Trinajstić information content (AvgIpc) is 2.29. The smallest absolute Gasteiger partial charge is 0.0763 e. The van der Waals surface area contributed by atoms with E-state index in [1.807, 2.05) is 18.3 Å². The van der Waals surface area contributed by atoms with Crippen LogP contribution < -0.4 is 11.3 Å². The number of hydrazine groups is 1. The molecule has 0 saturated heterocycles. The minimum Gasteiger partial charge on any atom is -0.380 e. The zero-order chi connectivity index (χ0) is 12.0. The lowest BCUT2D eigenvalue weighted by Gasteiger charge is -2.28. The SMILES string of the molecule is COC(C(C)C)C(Cc1cccnc1)NN. The topological polar surface area (TPSA) is 60.2 Å². The summed E-state index contributed by atoms with van der Waals surface area (Å²) in [6.45, 7) is 4.25. The van der Waals surface area contributed by atoms with Gasteiger partial charge in [0.15, 0.2) is 0 Å². The molecule has 3 N–H and O–H groups in total. The van der Waals surface area contributed by atoms with Crippen molar-refractivity contribution in [3.63, 3.8) is 0 Å². The van der Waals surface area contributed by atoms with Crippen LogP contribution in [0.2, 0.25) is 0 Å². The van der Waals surface area contributed by atoms with Gasteiger partial charge >= 0.3 is 0 Å². The summed E-state index contributed by atoms with van der Waals surface area (Å²) < 4.78 is 5.47. The summed E-state index contributed by atoms with van der Waals surface area (Å²) in [4.78, 5) is 4.09. The van der Waals surface area contributed by atoms with Gasteiger partial charge < -0.3 is 4.74 Å². The Hall–Kier alpha value is -0.970. The van der Waals surface area contributed by atoms with Crippen LogP contribution in [-0.2, 0) is 11.2 Å². The maximum Gasteiger partial charge on any atom is 0.0763 e. The fourth-order valence-electron chi connectivity index (χ4n) is 1.94. The second-order valence-electron chi connectivity index (χ2n) is 4.28. The Labute approximate surface area is 97.2 Å². The molecule has 0 saturated carbocycles. The zero-order valence-corrected chi connectivity index (χ0v) is 10.2. The second-order valence-corrected chi connectivity index (χ2v) is 4.28. The first-order valence-electron chi connectivity index (χ1n) is 5.56. The van der Waals surface area contributed by atoms with E-state index < -0.39 is 0 Å². The molecule has 2 unspecified atom stereocenters. The minimum atomic E-state index is 0.102. The number of hydrogen-bond donors (Lipinski definition) is 2. The highest BCUT2D eigenvalue weighted by Crippen LogP contribution is 2.13. The summed E-state index contributed by atoms with van der Waals surface area (Å²) in [7, 11) is 1.72. The molecule has 90 valence electrons. The summed E-state index contributed by atoms with van der Waals surface area (Å²) >= 11 is 0. The summed E-state index contributed by atoms with van der Waals surface area (Å²) in [6.07, 6.45) is 4.55. The Bertz CT molecular complexity index is 290. The Kier molecular flexibility index (Phi) is 5.38. The number of nitrogens with one attached hydrogen (secondary N) is 1. The molecule has 16 heavy (non-hydrogen) atoms. The Morgan fingerprint density at radius 2 is 2.25 bits per heavy atom. The van der Waals surface area contributed by atoms with Gasteiger partial charge in [-0.3, -0.25) is 16.3 Å². The first-order chi connectivity index (χ1) is 7.69. The Morgan fingerprint density at radius 1 is 1.50 bits per heavy atom. The van der Waals surface area contributed by atoms with Crippen molar-refractivity contribution < 1.29 is 4.74 Å². The fourth-order valence-corrected chi connectivity index (χ4v) is 1.94. The normalized spacial score (nSPS) is 15.1. The number of aromatic nitrogens is 1. The molecular weight excluding hydrogens is 202 g/mol. The third-order valence-electron chi connectivity index (χ3n) is 2.72. The van der Waals surface area contributed by atoms with Crippen LogP contribution in [-0.4, -0.2) is 24.2 Å². The molecule has 0 bridgehead atoms. The van der Waals surface area contributed by atoms with Gasteiger partial charge in [0.25, 0.3) is 0 Å². The monoisotopic (exact) mass is 223 g/mol. The Morgan fingerprint density at radius 3 is 2.69 bits per heavy atom. The van der Waals surface area contributed by atoms with Crippen molar-refractivity contribution in [1.29, 1.82) is 0 Å². The zero-order valence-electron chi connectivity index (χ0n) is 10.2. The van der Waals surface area contributed by atoms with Crippen LogP contribution in [0.25, 0.3) is 0 Å². The maximum atomic E-state index is 5.58. The van der Waals surface area contributed by atoms with Gasteiger partial charge in [-0.25, -0.2) is 0 Å². The molecule has 1 rings (SSSR count). The molecule has 0 amide bonds. The summed E-state index contributed by atoms with van der Waals surface area (Å²) in [6, 6.07) is 4.08. The first kappa shape index (κ1) is 13.1. The van der Waals surface area contributed by atoms with Gasteiger partial charge in [0, 0.05) is 19.5 Å². The van der Waals surface area contributed by atoms with Gasteiger partial charge in [0.1, 0.15) is 0 Å². The maximum absolute atomic E-state index is 5.58. The molecule has 0 radical (unpaired) electrons. The highest BCUT2D eigenvalue weighted by molar-refractivity contribution is 5.10. The molecule has 4 nitrogen and oxygen atoms in total. The van der Waals surface area contributed by atoms with Gasteiger partial charge in [0.2, 0.25) is 0 Å². The van der Waals surface area contributed by atoms with Crippen molar-refractivity contribution in [2.24, 2.45) is 11.8 Å². The molecule has 2 atom stereocenters. The van der Waals surface area contributed by atoms with Crippen LogP contribution in [0.15, 0.2) is 24.5 Å². The highest BCUT2D eigenvalue weighted by Gasteiger charge is 2.23.